The van der Waals surface area contributed by atoms with Gasteiger partial charge in [0, 0.05) is 22.1 Å². The Labute approximate surface area is 130 Å². The number of hydrogen-bond donors (Lipinski definition) is 2. The van der Waals surface area contributed by atoms with E-state index >= 15 is 0 Å². The van der Waals surface area contributed by atoms with Crippen LogP contribution >= 0.6 is 34.2 Å². The maximum absolute atomic E-state index is 11.9. The molecule has 6 heteroatoms. The van der Waals surface area contributed by atoms with E-state index in [-0.39, 0.29) is 18.2 Å². The fourth-order valence-electron chi connectivity index (χ4n) is 1.58. The third kappa shape index (κ3) is 5.36. The molecule has 1 aromatic carbocycles. The van der Waals surface area contributed by atoms with Crippen molar-refractivity contribution in [2.45, 2.75) is 19.8 Å². The zero-order chi connectivity index (χ0) is 14.4. The second kappa shape index (κ2) is 7.69. The lowest BCUT2D eigenvalue weighted by Gasteiger charge is -2.13. The Morgan fingerprint density at radius 2 is 2.16 bits per heavy atom. The zero-order valence-electron chi connectivity index (χ0n) is 10.5. The predicted molar refractivity (Wildman–Crippen MR) is 82.5 cm³/mol. The summed E-state index contributed by atoms with van der Waals surface area (Å²) in [5.41, 5.74) is 0.482. The van der Waals surface area contributed by atoms with Crippen LogP contribution in [0.4, 0.5) is 0 Å². The van der Waals surface area contributed by atoms with Crippen LogP contribution in [0.5, 0.6) is 0 Å². The second-order valence-electron chi connectivity index (χ2n) is 4.21. The first-order valence-electron chi connectivity index (χ1n) is 5.89. The van der Waals surface area contributed by atoms with Gasteiger partial charge in [0.15, 0.2) is 0 Å². The average molecular weight is 396 g/mol. The van der Waals surface area contributed by atoms with Gasteiger partial charge in [0.05, 0.1) is 5.02 Å². The molecule has 0 aliphatic heterocycles. The van der Waals surface area contributed by atoms with E-state index in [2.05, 4.69) is 27.9 Å². The fraction of sp³-hybridized carbons (Fsp3) is 0.385. The summed E-state index contributed by atoms with van der Waals surface area (Å²) in [5, 5.41) is 12.0. The number of amides is 1. The van der Waals surface area contributed by atoms with Crippen molar-refractivity contribution < 1.29 is 14.7 Å². The van der Waals surface area contributed by atoms with E-state index in [1.807, 2.05) is 6.92 Å². The predicted octanol–water partition coefficient (Wildman–Crippen LogP) is 3.18. The molecule has 2 N–H and O–H groups in total. The van der Waals surface area contributed by atoms with Crippen molar-refractivity contribution in [3.63, 3.8) is 0 Å². The molecule has 0 radical (unpaired) electrons. The van der Waals surface area contributed by atoms with Crippen LogP contribution in [0, 0.1) is 9.49 Å². The highest BCUT2D eigenvalue weighted by Crippen LogP contribution is 2.19. The number of carbonyl (C=O) groups is 2. The Kier molecular flexibility index (Phi) is 6.57. The van der Waals surface area contributed by atoms with E-state index in [9.17, 15) is 9.59 Å². The highest BCUT2D eigenvalue weighted by molar-refractivity contribution is 14.1. The van der Waals surface area contributed by atoms with Gasteiger partial charge in [-0.05, 0) is 46.7 Å². The number of hydrogen-bond acceptors (Lipinski definition) is 2. The van der Waals surface area contributed by atoms with Crippen molar-refractivity contribution in [1.29, 1.82) is 0 Å². The van der Waals surface area contributed by atoms with E-state index in [4.69, 9.17) is 16.7 Å². The normalized spacial score (nSPS) is 11.9. The van der Waals surface area contributed by atoms with Crippen molar-refractivity contribution in [1.82, 2.24) is 5.32 Å². The minimum atomic E-state index is -0.849. The first-order valence-corrected chi connectivity index (χ1v) is 7.34. The van der Waals surface area contributed by atoms with Gasteiger partial charge >= 0.3 is 5.97 Å². The van der Waals surface area contributed by atoms with Crippen LogP contribution in [-0.4, -0.2) is 23.5 Å². The van der Waals surface area contributed by atoms with Gasteiger partial charge in [-0.25, -0.2) is 0 Å². The molecule has 0 aromatic heterocycles. The van der Waals surface area contributed by atoms with Crippen LogP contribution in [0.3, 0.4) is 0 Å². The number of nitrogens with one attached hydrogen (secondary N) is 1. The zero-order valence-corrected chi connectivity index (χ0v) is 13.4. The molecular formula is C13H15ClINO3. The van der Waals surface area contributed by atoms with E-state index in [1.54, 1.807) is 18.2 Å². The van der Waals surface area contributed by atoms with Gasteiger partial charge in [-0.3, -0.25) is 9.59 Å². The van der Waals surface area contributed by atoms with Crippen LogP contribution < -0.4 is 5.32 Å². The minimum Gasteiger partial charge on any atom is -0.481 e. The first kappa shape index (κ1) is 16.2. The average Bonchev–Trinajstić information content (AvgIpc) is 2.36. The second-order valence-corrected chi connectivity index (χ2v) is 5.78. The van der Waals surface area contributed by atoms with Crippen LogP contribution in [0.15, 0.2) is 18.2 Å². The van der Waals surface area contributed by atoms with Crippen LogP contribution in [0.1, 0.15) is 30.1 Å². The number of benzene rings is 1. The summed E-state index contributed by atoms with van der Waals surface area (Å²) in [7, 11) is 0. The molecule has 0 fully saturated rings. The van der Waals surface area contributed by atoms with Gasteiger partial charge in [-0.2, -0.15) is 0 Å². The molecule has 1 amide bonds. The lowest BCUT2D eigenvalue weighted by atomic mass is 10.0. The standard InChI is InChI=1S/C13H15ClINO3/c1-2-8(5-12(17)18)7-16-13(19)9-3-4-11(15)10(14)6-9/h3-4,6,8H,2,5,7H2,1H3,(H,16,19)(H,17,18). The third-order valence-corrected chi connectivity index (χ3v) is 4.35. The molecular weight excluding hydrogens is 381 g/mol. The van der Waals surface area contributed by atoms with Gasteiger partial charge in [-0.1, -0.05) is 24.9 Å². The fourth-order valence-corrected chi connectivity index (χ4v) is 2.10. The van der Waals surface area contributed by atoms with E-state index in [0.717, 1.165) is 3.57 Å². The molecule has 1 rings (SSSR count). The highest BCUT2D eigenvalue weighted by atomic mass is 127. The summed E-state index contributed by atoms with van der Waals surface area (Å²) < 4.78 is 0.883. The van der Waals surface area contributed by atoms with Crippen LogP contribution in [0.25, 0.3) is 0 Å². The molecule has 1 unspecified atom stereocenters. The van der Waals surface area contributed by atoms with Crippen molar-refractivity contribution in [3.05, 3.63) is 32.4 Å². The molecule has 4 nitrogen and oxygen atoms in total. The maximum Gasteiger partial charge on any atom is 0.303 e. The Hall–Kier alpha value is -0.820. The van der Waals surface area contributed by atoms with Crippen molar-refractivity contribution in [3.8, 4) is 0 Å². The van der Waals surface area contributed by atoms with Crippen LogP contribution in [0.2, 0.25) is 5.02 Å². The molecule has 0 aliphatic carbocycles. The summed E-state index contributed by atoms with van der Waals surface area (Å²) in [6.07, 6.45) is 0.768. The molecule has 0 saturated heterocycles. The van der Waals surface area contributed by atoms with Gasteiger partial charge in [0.25, 0.3) is 5.91 Å². The molecule has 0 saturated carbocycles. The summed E-state index contributed by atoms with van der Waals surface area (Å²) in [6.45, 7) is 2.26. The largest absolute Gasteiger partial charge is 0.481 e. The van der Waals surface area contributed by atoms with Gasteiger partial charge < -0.3 is 10.4 Å². The van der Waals surface area contributed by atoms with Crippen LogP contribution in [-0.2, 0) is 4.79 Å². The number of carboxylic acid groups (broad SMARTS) is 1. The highest BCUT2D eigenvalue weighted by Gasteiger charge is 2.13. The number of halogens is 2. The quantitative estimate of drug-likeness (QED) is 0.727. The summed E-state index contributed by atoms with van der Waals surface area (Å²) >= 11 is 8.04. The molecule has 1 atom stereocenters. The molecule has 104 valence electrons. The Morgan fingerprint density at radius 1 is 1.47 bits per heavy atom. The van der Waals surface area contributed by atoms with E-state index in [1.165, 1.54) is 0 Å². The topological polar surface area (TPSA) is 66.4 Å². The Morgan fingerprint density at radius 3 is 2.68 bits per heavy atom. The summed E-state index contributed by atoms with van der Waals surface area (Å²) in [5.74, 6) is -1.14. The SMILES string of the molecule is CCC(CNC(=O)c1ccc(I)c(Cl)c1)CC(=O)O. The molecule has 0 spiro atoms. The van der Waals surface area contributed by atoms with Gasteiger partial charge in [-0.15, -0.1) is 0 Å². The van der Waals surface area contributed by atoms with Gasteiger partial charge in [0.1, 0.15) is 0 Å². The third-order valence-electron chi connectivity index (χ3n) is 2.77. The molecule has 0 aliphatic rings. The Bertz CT molecular complexity index is 479. The maximum atomic E-state index is 11.9. The lowest BCUT2D eigenvalue weighted by Crippen LogP contribution is -2.30. The summed E-state index contributed by atoms with van der Waals surface area (Å²) in [4.78, 5) is 22.5. The summed E-state index contributed by atoms with van der Waals surface area (Å²) in [6, 6.07) is 5.07. The van der Waals surface area contributed by atoms with Crippen molar-refractivity contribution in [2.24, 2.45) is 5.92 Å². The minimum absolute atomic E-state index is 0.0548. The Balaban J connectivity index is 2.59. The monoisotopic (exact) mass is 395 g/mol. The first-order chi connectivity index (χ1) is 8.93. The van der Waals surface area contributed by atoms with E-state index in [0.29, 0.717) is 23.6 Å². The number of carboxylic acids is 1. The number of rotatable bonds is 6. The smallest absolute Gasteiger partial charge is 0.303 e. The number of aliphatic carboxylic acids is 1. The molecule has 0 heterocycles. The molecule has 1 aromatic rings. The lowest BCUT2D eigenvalue weighted by molar-refractivity contribution is -0.138. The van der Waals surface area contributed by atoms with E-state index < -0.39 is 5.97 Å². The molecule has 19 heavy (non-hydrogen) atoms. The molecule has 0 bridgehead atoms. The van der Waals surface area contributed by atoms with Crippen molar-refractivity contribution in [2.75, 3.05) is 6.54 Å². The number of carbonyl (C=O) groups excluding carboxylic acids is 1. The van der Waals surface area contributed by atoms with Gasteiger partial charge in [0.2, 0.25) is 0 Å². The van der Waals surface area contributed by atoms with Crippen molar-refractivity contribution >= 4 is 46.1 Å².